The number of hydrogen-bond donors (Lipinski definition) is 3. The number of benzene rings is 2. The third kappa shape index (κ3) is 2.03. The van der Waals surface area contributed by atoms with Crippen LogP contribution in [-0.4, -0.2) is 22.1 Å². The number of para-hydroxylation sites is 1. The first-order valence-electron chi connectivity index (χ1n) is 6.89. The van der Waals surface area contributed by atoms with Crippen LogP contribution in [0.4, 0.5) is 11.4 Å². The number of nitrogens with one attached hydrogen (secondary N) is 3. The fourth-order valence-corrected chi connectivity index (χ4v) is 2.75. The highest BCUT2D eigenvalue weighted by Gasteiger charge is 2.26. The standard InChI is InChI=1S/C16H14N4O/c21-16(15-8-10-4-1-2-5-12(10)18-15)19-13-6-3-7-14-11(13)9-17-20-14/h1-7,9,15,18H,8H2,(H,17,20)(H,19,21). The highest BCUT2D eigenvalue weighted by molar-refractivity contribution is 6.04. The molecule has 4 rings (SSSR count). The molecule has 0 spiro atoms. The van der Waals surface area contributed by atoms with Gasteiger partial charge in [-0.3, -0.25) is 9.89 Å². The van der Waals surface area contributed by atoms with Crippen LogP contribution in [0.5, 0.6) is 0 Å². The molecular formula is C16H14N4O. The van der Waals surface area contributed by atoms with Gasteiger partial charge in [0.2, 0.25) is 5.91 Å². The molecule has 1 aliphatic heterocycles. The number of anilines is 2. The summed E-state index contributed by atoms with van der Waals surface area (Å²) in [4.78, 5) is 12.4. The van der Waals surface area contributed by atoms with Crippen molar-refractivity contribution in [2.75, 3.05) is 10.6 Å². The second-order valence-electron chi connectivity index (χ2n) is 5.18. The molecule has 0 fully saturated rings. The Balaban J connectivity index is 1.56. The van der Waals surface area contributed by atoms with Crippen LogP contribution in [0, 0.1) is 0 Å². The molecule has 3 aromatic rings. The molecule has 0 saturated heterocycles. The smallest absolute Gasteiger partial charge is 0.247 e. The summed E-state index contributed by atoms with van der Waals surface area (Å²) in [5.74, 6) is -0.0279. The number of carbonyl (C=O) groups is 1. The quantitative estimate of drug-likeness (QED) is 0.674. The predicted molar refractivity (Wildman–Crippen MR) is 82.3 cm³/mol. The normalized spacial score (nSPS) is 16.5. The number of aromatic amines is 1. The van der Waals surface area contributed by atoms with Gasteiger partial charge in [0.25, 0.3) is 0 Å². The second-order valence-corrected chi connectivity index (χ2v) is 5.18. The zero-order chi connectivity index (χ0) is 14.2. The van der Waals surface area contributed by atoms with Crippen LogP contribution in [0.15, 0.2) is 48.7 Å². The predicted octanol–water partition coefficient (Wildman–Crippen LogP) is 2.54. The van der Waals surface area contributed by atoms with Gasteiger partial charge < -0.3 is 10.6 Å². The summed E-state index contributed by atoms with van der Waals surface area (Å²) in [6, 6.07) is 13.5. The first kappa shape index (κ1) is 12.0. The van der Waals surface area contributed by atoms with Crippen LogP contribution in [-0.2, 0) is 11.2 Å². The van der Waals surface area contributed by atoms with Gasteiger partial charge in [-0.15, -0.1) is 0 Å². The summed E-state index contributed by atoms with van der Waals surface area (Å²) in [6.45, 7) is 0. The molecule has 2 aromatic carbocycles. The van der Waals surface area contributed by atoms with Crippen molar-refractivity contribution in [2.45, 2.75) is 12.5 Å². The average Bonchev–Trinajstić information content (AvgIpc) is 3.14. The van der Waals surface area contributed by atoms with Gasteiger partial charge >= 0.3 is 0 Å². The third-order valence-electron chi connectivity index (χ3n) is 3.83. The van der Waals surface area contributed by atoms with E-state index in [4.69, 9.17) is 0 Å². The molecule has 1 amide bonds. The lowest BCUT2D eigenvalue weighted by atomic mass is 10.1. The molecule has 1 aliphatic rings. The second kappa shape index (κ2) is 4.63. The van der Waals surface area contributed by atoms with Crippen LogP contribution in [0.2, 0.25) is 0 Å². The number of rotatable bonds is 2. The molecule has 0 bridgehead atoms. The van der Waals surface area contributed by atoms with E-state index in [0.717, 1.165) is 22.3 Å². The summed E-state index contributed by atoms with van der Waals surface area (Å²) in [7, 11) is 0. The molecule has 5 heteroatoms. The topological polar surface area (TPSA) is 69.8 Å². The lowest BCUT2D eigenvalue weighted by Gasteiger charge is -2.12. The Morgan fingerprint density at radius 2 is 2.10 bits per heavy atom. The van der Waals surface area contributed by atoms with E-state index in [2.05, 4.69) is 20.8 Å². The highest BCUT2D eigenvalue weighted by atomic mass is 16.2. The molecular weight excluding hydrogens is 264 g/mol. The van der Waals surface area contributed by atoms with Crippen LogP contribution in [0.3, 0.4) is 0 Å². The van der Waals surface area contributed by atoms with E-state index >= 15 is 0 Å². The monoisotopic (exact) mass is 278 g/mol. The van der Waals surface area contributed by atoms with Gasteiger partial charge in [0.05, 0.1) is 17.4 Å². The minimum atomic E-state index is -0.232. The number of hydrogen-bond acceptors (Lipinski definition) is 3. The molecule has 104 valence electrons. The lowest BCUT2D eigenvalue weighted by molar-refractivity contribution is -0.116. The van der Waals surface area contributed by atoms with E-state index in [0.29, 0.717) is 6.42 Å². The molecule has 0 aliphatic carbocycles. The summed E-state index contributed by atoms with van der Waals surface area (Å²) >= 11 is 0. The highest BCUT2D eigenvalue weighted by Crippen LogP contribution is 2.27. The maximum atomic E-state index is 12.4. The minimum Gasteiger partial charge on any atom is -0.373 e. The van der Waals surface area contributed by atoms with Gasteiger partial charge in [0, 0.05) is 17.5 Å². The summed E-state index contributed by atoms with van der Waals surface area (Å²) in [6.07, 6.45) is 2.44. The van der Waals surface area contributed by atoms with Crippen molar-refractivity contribution in [2.24, 2.45) is 0 Å². The first-order valence-corrected chi connectivity index (χ1v) is 6.89. The number of aromatic nitrogens is 2. The van der Waals surface area contributed by atoms with E-state index in [1.54, 1.807) is 6.20 Å². The van der Waals surface area contributed by atoms with Crippen molar-refractivity contribution < 1.29 is 4.79 Å². The Morgan fingerprint density at radius 1 is 1.19 bits per heavy atom. The molecule has 1 atom stereocenters. The molecule has 21 heavy (non-hydrogen) atoms. The summed E-state index contributed by atoms with van der Waals surface area (Å²) < 4.78 is 0. The molecule has 3 N–H and O–H groups in total. The fourth-order valence-electron chi connectivity index (χ4n) is 2.75. The van der Waals surface area contributed by atoms with Gasteiger partial charge in [-0.1, -0.05) is 24.3 Å². The number of carbonyl (C=O) groups excluding carboxylic acids is 1. The fraction of sp³-hybridized carbons (Fsp3) is 0.125. The van der Waals surface area contributed by atoms with Gasteiger partial charge in [-0.2, -0.15) is 5.10 Å². The van der Waals surface area contributed by atoms with Crippen LogP contribution < -0.4 is 10.6 Å². The van der Waals surface area contributed by atoms with E-state index < -0.39 is 0 Å². The van der Waals surface area contributed by atoms with Crippen LogP contribution >= 0.6 is 0 Å². The minimum absolute atomic E-state index is 0.0279. The third-order valence-corrected chi connectivity index (χ3v) is 3.83. The largest absolute Gasteiger partial charge is 0.373 e. The van der Waals surface area contributed by atoms with Crippen molar-refractivity contribution in [1.82, 2.24) is 10.2 Å². The van der Waals surface area contributed by atoms with Gasteiger partial charge in [-0.25, -0.2) is 0 Å². The maximum absolute atomic E-state index is 12.4. The van der Waals surface area contributed by atoms with Crippen LogP contribution in [0.1, 0.15) is 5.56 Å². The Morgan fingerprint density at radius 3 is 3.00 bits per heavy atom. The number of fused-ring (bicyclic) bond motifs is 2. The van der Waals surface area contributed by atoms with Crippen molar-refractivity contribution in [3.8, 4) is 0 Å². The molecule has 0 radical (unpaired) electrons. The Kier molecular flexibility index (Phi) is 2.64. The molecule has 2 heterocycles. The summed E-state index contributed by atoms with van der Waals surface area (Å²) in [5, 5.41) is 14.1. The average molecular weight is 278 g/mol. The van der Waals surface area contributed by atoms with E-state index in [1.807, 2.05) is 42.5 Å². The Hall–Kier alpha value is -2.82. The lowest BCUT2D eigenvalue weighted by Crippen LogP contribution is -2.32. The number of H-pyrrole nitrogens is 1. The first-order chi connectivity index (χ1) is 10.3. The van der Waals surface area contributed by atoms with E-state index in [9.17, 15) is 4.79 Å². The summed E-state index contributed by atoms with van der Waals surface area (Å²) in [5.41, 5.74) is 3.91. The van der Waals surface area contributed by atoms with Crippen molar-refractivity contribution in [3.63, 3.8) is 0 Å². The number of nitrogens with zero attached hydrogens (tertiary/aromatic N) is 1. The van der Waals surface area contributed by atoms with Crippen molar-refractivity contribution in [3.05, 3.63) is 54.2 Å². The SMILES string of the molecule is O=C(Nc1cccc2[nH]ncc12)C1Cc2ccccc2N1. The maximum Gasteiger partial charge on any atom is 0.247 e. The number of amides is 1. The van der Waals surface area contributed by atoms with Gasteiger partial charge in [0.15, 0.2) is 0 Å². The van der Waals surface area contributed by atoms with Crippen molar-refractivity contribution in [1.29, 1.82) is 0 Å². The molecule has 1 unspecified atom stereocenters. The van der Waals surface area contributed by atoms with Crippen molar-refractivity contribution >= 4 is 28.2 Å². The molecule has 1 aromatic heterocycles. The zero-order valence-electron chi connectivity index (χ0n) is 11.3. The molecule has 5 nitrogen and oxygen atoms in total. The zero-order valence-corrected chi connectivity index (χ0v) is 11.3. The van der Waals surface area contributed by atoms with Crippen LogP contribution in [0.25, 0.3) is 10.9 Å². The van der Waals surface area contributed by atoms with Gasteiger partial charge in [-0.05, 0) is 23.8 Å². The van der Waals surface area contributed by atoms with E-state index in [-0.39, 0.29) is 11.9 Å². The Bertz CT molecular complexity index is 799. The Labute approximate surface area is 121 Å². The van der Waals surface area contributed by atoms with Gasteiger partial charge in [0.1, 0.15) is 6.04 Å². The molecule has 0 saturated carbocycles. The van der Waals surface area contributed by atoms with E-state index in [1.165, 1.54) is 5.56 Å².